The Balaban J connectivity index is 1.98. The molecular weight excluding hydrogens is 356 g/mol. The van der Waals surface area contributed by atoms with Crippen molar-refractivity contribution in [2.75, 3.05) is 26.2 Å². The first-order valence-corrected chi connectivity index (χ1v) is 8.97. The minimum absolute atomic E-state index is 0.0574. The van der Waals surface area contributed by atoms with Crippen LogP contribution in [0.5, 0.6) is 5.75 Å². The van der Waals surface area contributed by atoms with Gasteiger partial charge in [-0.3, -0.25) is 14.5 Å². The van der Waals surface area contributed by atoms with Crippen molar-refractivity contribution in [1.29, 1.82) is 0 Å². The summed E-state index contributed by atoms with van der Waals surface area (Å²) in [6.07, 6.45) is 0. The summed E-state index contributed by atoms with van der Waals surface area (Å²) in [6.45, 7) is 6.50. The highest BCUT2D eigenvalue weighted by atomic mass is 19.3. The predicted octanol–water partition coefficient (Wildman–Crippen LogP) is 2.35. The van der Waals surface area contributed by atoms with Gasteiger partial charge in [0, 0.05) is 31.7 Å². The van der Waals surface area contributed by atoms with E-state index in [-0.39, 0.29) is 34.7 Å². The first kappa shape index (κ1) is 21.1. The maximum absolute atomic E-state index is 12.7. The molecule has 1 aromatic carbocycles. The van der Waals surface area contributed by atoms with E-state index in [0.29, 0.717) is 26.2 Å². The van der Waals surface area contributed by atoms with Crippen LogP contribution in [0.15, 0.2) is 24.3 Å². The zero-order valence-corrected chi connectivity index (χ0v) is 16.2. The van der Waals surface area contributed by atoms with Gasteiger partial charge in [-0.15, -0.1) is 0 Å². The molecule has 1 saturated heterocycles. The number of carbonyl (C=O) groups excluding carboxylic acids is 2. The second-order valence-corrected chi connectivity index (χ2v) is 7.62. The molecule has 1 fully saturated rings. The Labute approximate surface area is 158 Å². The number of halogens is 2. The fraction of sp³-hybridized carbons (Fsp3) is 0.579. The van der Waals surface area contributed by atoms with Crippen molar-refractivity contribution in [1.82, 2.24) is 15.1 Å². The molecule has 150 valence electrons. The van der Waals surface area contributed by atoms with E-state index in [1.807, 2.05) is 32.6 Å². The zero-order valence-electron chi connectivity index (χ0n) is 16.2. The second-order valence-electron chi connectivity index (χ2n) is 7.62. The van der Waals surface area contributed by atoms with Crippen LogP contribution in [0.2, 0.25) is 0 Å². The van der Waals surface area contributed by atoms with Gasteiger partial charge in [0.1, 0.15) is 5.75 Å². The van der Waals surface area contributed by atoms with Crippen molar-refractivity contribution >= 4 is 11.8 Å². The average molecular weight is 383 g/mol. The topological polar surface area (TPSA) is 61.9 Å². The first-order valence-electron chi connectivity index (χ1n) is 8.97. The predicted molar refractivity (Wildman–Crippen MR) is 97.9 cm³/mol. The van der Waals surface area contributed by atoms with Crippen LogP contribution in [-0.4, -0.2) is 66.0 Å². The number of carbonyl (C=O) groups is 2. The zero-order chi connectivity index (χ0) is 20.2. The van der Waals surface area contributed by atoms with Crippen LogP contribution in [0.3, 0.4) is 0 Å². The van der Waals surface area contributed by atoms with Gasteiger partial charge < -0.3 is 15.0 Å². The molecule has 0 radical (unpaired) electrons. The van der Waals surface area contributed by atoms with Crippen LogP contribution in [0.1, 0.15) is 38.1 Å². The van der Waals surface area contributed by atoms with Crippen LogP contribution < -0.4 is 10.1 Å². The number of piperazine rings is 1. The van der Waals surface area contributed by atoms with E-state index >= 15 is 0 Å². The van der Waals surface area contributed by atoms with E-state index in [9.17, 15) is 18.4 Å². The number of hydrogen-bond acceptors (Lipinski definition) is 4. The highest BCUT2D eigenvalue weighted by Crippen LogP contribution is 2.22. The molecule has 0 spiro atoms. The molecule has 1 aliphatic heterocycles. The number of para-hydroxylation sites is 1. The van der Waals surface area contributed by atoms with Crippen molar-refractivity contribution in [2.24, 2.45) is 0 Å². The van der Waals surface area contributed by atoms with Gasteiger partial charge in [0.2, 0.25) is 5.91 Å². The summed E-state index contributed by atoms with van der Waals surface area (Å²) in [5, 5.41) is 2.95. The second kappa shape index (κ2) is 8.65. The summed E-state index contributed by atoms with van der Waals surface area (Å²) in [4.78, 5) is 28.6. The smallest absolute Gasteiger partial charge is 0.387 e. The van der Waals surface area contributed by atoms with Crippen LogP contribution >= 0.6 is 0 Å². The van der Waals surface area contributed by atoms with Crippen molar-refractivity contribution in [3.05, 3.63) is 29.8 Å². The van der Waals surface area contributed by atoms with Crippen LogP contribution in [0.4, 0.5) is 8.78 Å². The summed E-state index contributed by atoms with van der Waals surface area (Å²) < 4.78 is 29.5. The number of hydrogen-bond donors (Lipinski definition) is 1. The molecule has 2 rings (SSSR count). The van der Waals surface area contributed by atoms with E-state index in [0.717, 1.165) is 0 Å². The molecule has 0 saturated carbocycles. The maximum Gasteiger partial charge on any atom is 0.387 e. The third-order valence-corrected chi connectivity index (χ3v) is 4.36. The van der Waals surface area contributed by atoms with Gasteiger partial charge in [-0.25, -0.2) is 0 Å². The fourth-order valence-corrected chi connectivity index (χ4v) is 2.96. The van der Waals surface area contributed by atoms with Gasteiger partial charge in [0.15, 0.2) is 0 Å². The van der Waals surface area contributed by atoms with Crippen molar-refractivity contribution < 1.29 is 23.1 Å². The van der Waals surface area contributed by atoms with E-state index in [2.05, 4.69) is 10.1 Å². The molecule has 1 atom stereocenters. The van der Waals surface area contributed by atoms with Crippen molar-refractivity contribution in [3.63, 3.8) is 0 Å². The Kier molecular flexibility index (Phi) is 6.75. The molecule has 0 bridgehead atoms. The maximum atomic E-state index is 12.7. The van der Waals surface area contributed by atoms with Gasteiger partial charge in [-0.1, -0.05) is 12.1 Å². The molecule has 6 nitrogen and oxygen atoms in total. The number of nitrogens with zero attached hydrogens (tertiary/aromatic N) is 2. The molecule has 2 amide bonds. The lowest BCUT2D eigenvalue weighted by molar-refractivity contribution is -0.127. The summed E-state index contributed by atoms with van der Waals surface area (Å²) in [5.74, 6) is -0.534. The number of rotatable bonds is 5. The van der Waals surface area contributed by atoms with Gasteiger partial charge in [0.25, 0.3) is 5.91 Å². The van der Waals surface area contributed by atoms with Crippen molar-refractivity contribution in [2.45, 2.75) is 45.9 Å². The molecule has 1 unspecified atom stereocenters. The number of nitrogens with one attached hydrogen (secondary N) is 1. The van der Waals surface area contributed by atoms with E-state index in [1.54, 1.807) is 17.0 Å². The molecule has 1 heterocycles. The highest BCUT2D eigenvalue weighted by molar-refractivity contribution is 5.97. The van der Waals surface area contributed by atoms with Gasteiger partial charge in [-0.2, -0.15) is 8.78 Å². The summed E-state index contributed by atoms with van der Waals surface area (Å²) >= 11 is 0. The average Bonchev–Trinajstić information content (AvgIpc) is 2.59. The molecule has 1 N–H and O–H groups in total. The van der Waals surface area contributed by atoms with E-state index in [1.165, 1.54) is 12.1 Å². The highest BCUT2D eigenvalue weighted by Gasteiger charge is 2.30. The third-order valence-electron chi connectivity index (χ3n) is 4.36. The van der Waals surface area contributed by atoms with Gasteiger partial charge in [-0.05, 0) is 39.8 Å². The number of alkyl halides is 2. The van der Waals surface area contributed by atoms with E-state index < -0.39 is 6.61 Å². The minimum atomic E-state index is -2.99. The van der Waals surface area contributed by atoms with Crippen LogP contribution in [0, 0.1) is 0 Å². The minimum Gasteiger partial charge on any atom is -0.434 e. The Bertz CT molecular complexity index is 668. The van der Waals surface area contributed by atoms with Crippen LogP contribution in [0.25, 0.3) is 0 Å². The Morgan fingerprint density at radius 2 is 1.70 bits per heavy atom. The molecule has 1 aromatic rings. The molecule has 8 heteroatoms. The normalized spacial score (nSPS) is 16.9. The first-order chi connectivity index (χ1) is 12.6. The van der Waals surface area contributed by atoms with E-state index in [4.69, 9.17) is 0 Å². The summed E-state index contributed by atoms with van der Waals surface area (Å²) in [6, 6.07) is 5.68. The van der Waals surface area contributed by atoms with Gasteiger partial charge >= 0.3 is 6.61 Å². The standard InChI is InChI=1S/C19H27F2N3O3/c1-13(16(25)22-19(2,3)4)23-9-11-24(12-10-23)17(26)14-7-5-6-8-15(14)27-18(20)21/h5-8,13,18H,9-12H2,1-4H3,(H,22,25). The number of ether oxygens (including phenoxy) is 1. The third kappa shape index (κ3) is 5.89. The van der Waals surface area contributed by atoms with Crippen molar-refractivity contribution in [3.8, 4) is 5.75 Å². The van der Waals surface area contributed by atoms with Gasteiger partial charge in [0.05, 0.1) is 11.6 Å². The molecular formula is C19H27F2N3O3. The summed E-state index contributed by atoms with van der Waals surface area (Å²) in [5.41, 5.74) is -0.192. The fourth-order valence-electron chi connectivity index (χ4n) is 2.96. The lowest BCUT2D eigenvalue weighted by Gasteiger charge is -2.38. The molecule has 0 aliphatic carbocycles. The number of amides is 2. The molecule has 1 aliphatic rings. The molecule has 27 heavy (non-hydrogen) atoms. The largest absolute Gasteiger partial charge is 0.434 e. The summed E-state index contributed by atoms with van der Waals surface area (Å²) in [7, 11) is 0. The lowest BCUT2D eigenvalue weighted by atomic mass is 10.1. The van der Waals surface area contributed by atoms with Crippen LogP contribution in [-0.2, 0) is 4.79 Å². The Morgan fingerprint density at radius 3 is 2.26 bits per heavy atom. The molecule has 0 aromatic heterocycles. The Hall–Kier alpha value is -2.22. The Morgan fingerprint density at radius 1 is 1.11 bits per heavy atom. The monoisotopic (exact) mass is 383 g/mol. The SMILES string of the molecule is CC(C(=O)NC(C)(C)C)N1CCN(C(=O)c2ccccc2OC(F)F)CC1. The number of benzene rings is 1. The quantitative estimate of drug-likeness (QED) is 0.848. The lowest BCUT2D eigenvalue weighted by Crippen LogP contribution is -2.56.